The molecule has 1 aromatic heterocycles. The molecule has 1 fully saturated rings. The summed E-state index contributed by atoms with van der Waals surface area (Å²) < 4.78 is 0. The van der Waals surface area contributed by atoms with E-state index in [0.717, 1.165) is 32.0 Å². The highest BCUT2D eigenvalue weighted by atomic mass is 32.1. The lowest BCUT2D eigenvalue weighted by molar-refractivity contribution is 0.152. The smallest absolute Gasteiger partial charge is 0.193 e. The van der Waals surface area contributed by atoms with Crippen molar-refractivity contribution in [3.63, 3.8) is 0 Å². The summed E-state index contributed by atoms with van der Waals surface area (Å²) in [7, 11) is 4.35. The fraction of sp³-hybridized carbons (Fsp3) is 0.737. The number of unbranched alkanes of at least 4 members (excludes halogenated alkanes) is 1. The van der Waals surface area contributed by atoms with E-state index in [2.05, 4.69) is 58.5 Å². The van der Waals surface area contributed by atoms with Gasteiger partial charge in [-0.15, -0.1) is 11.3 Å². The van der Waals surface area contributed by atoms with Gasteiger partial charge in [-0.25, -0.2) is 0 Å². The Labute approximate surface area is 157 Å². The fourth-order valence-corrected chi connectivity index (χ4v) is 3.71. The van der Waals surface area contributed by atoms with Crippen LogP contribution < -0.4 is 5.32 Å². The Bertz CT molecular complexity index is 480. The van der Waals surface area contributed by atoms with Crippen LogP contribution in [-0.2, 0) is 6.42 Å². The average Bonchev–Trinajstić information content (AvgIpc) is 3.13. The molecule has 0 unspecified atom stereocenters. The van der Waals surface area contributed by atoms with Gasteiger partial charge >= 0.3 is 0 Å². The van der Waals surface area contributed by atoms with Gasteiger partial charge in [-0.1, -0.05) is 6.07 Å². The second-order valence-corrected chi connectivity index (χ2v) is 7.87. The SMILES string of the molecule is CCNC(=NCCCCN1CCN(C)CC1)N(C)CCc1cccs1. The van der Waals surface area contributed by atoms with Gasteiger partial charge < -0.3 is 20.0 Å². The number of rotatable bonds is 9. The highest BCUT2D eigenvalue weighted by Gasteiger charge is 2.12. The highest BCUT2D eigenvalue weighted by molar-refractivity contribution is 7.09. The summed E-state index contributed by atoms with van der Waals surface area (Å²) >= 11 is 1.83. The first-order chi connectivity index (χ1) is 12.2. The number of thiophene rings is 1. The summed E-state index contributed by atoms with van der Waals surface area (Å²) in [6.07, 6.45) is 3.49. The minimum Gasteiger partial charge on any atom is -0.357 e. The van der Waals surface area contributed by atoms with Gasteiger partial charge in [0, 0.05) is 57.7 Å². The van der Waals surface area contributed by atoms with Crippen molar-refractivity contribution in [2.75, 3.05) is 66.5 Å². The molecule has 1 aliphatic heterocycles. The minimum atomic E-state index is 0.916. The van der Waals surface area contributed by atoms with E-state index in [1.807, 2.05) is 11.3 Å². The van der Waals surface area contributed by atoms with Crippen molar-refractivity contribution in [3.05, 3.63) is 22.4 Å². The molecule has 1 saturated heterocycles. The number of hydrogen-bond acceptors (Lipinski definition) is 4. The molecule has 0 radical (unpaired) electrons. The Hall–Kier alpha value is -1.11. The Kier molecular flexibility index (Phi) is 9.29. The van der Waals surface area contributed by atoms with Crippen molar-refractivity contribution < 1.29 is 0 Å². The molecule has 2 heterocycles. The topological polar surface area (TPSA) is 34.1 Å². The molecule has 0 aliphatic carbocycles. The number of hydrogen-bond donors (Lipinski definition) is 1. The molecule has 5 nitrogen and oxygen atoms in total. The van der Waals surface area contributed by atoms with Gasteiger partial charge in [-0.3, -0.25) is 4.99 Å². The van der Waals surface area contributed by atoms with Crippen LogP contribution in [0.25, 0.3) is 0 Å². The summed E-state index contributed by atoms with van der Waals surface area (Å²) in [4.78, 5) is 13.5. The third kappa shape index (κ3) is 7.75. The van der Waals surface area contributed by atoms with Gasteiger partial charge in [0.05, 0.1) is 0 Å². The maximum atomic E-state index is 4.82. The molecule has 1 aliphatic rings. The quantitative estimate of drug-likeness (QED) is 0.413. The average molecular weight is 366 g/mol. The van der Waals surface area contributed by atoms with E-state index in [-0.39, 0.29) is 0 Å². The number of piperazine rings is 1. The first-order valence-corrected chi connectivity index (χ1v) is 10.5. The van der Waals surface area contributed by atoms with Crippen LogP contribution in [0.4, 0.5) is 0 Å². The van der Waals surface area contributed by atoms with Crippen molar-refractivity contribution in [1.82, 2.24) is 20.0 Å². The molecule has 0 bridgehead atoms. The summed E-state index contributed by atoms with van der Waals surface area (Å²) in [6, 6.07) is 4.33. The molecular weight excluding hydrogens is 330 g/mol. The molecule has 2 rings (SSSR count). The first-order valence-electron chi connectivity index (χ1n) is 9.61. The number of aliphatic imine (C=N–C) groups is 1. The third-order valence-corrected chi connectivity index (χ3v) is 5.65. The predicted octanol–water partition coefficient (Wildman–Crippen LogP) is 2.22. The van der Waals surface area contributed by atoms with Crippen molar-refractivity contribution >= 4 is 17.3 Å². The number of nitrogens with zero attached hydrogens (tertiary/aromatic N) is 4. The zero-order valence-electron chi connectivity index (χ0n) is 16.2. The number of guanidine groups is 1. The summed E-state index contributed by atoms with van der Waals surface area (Å²) in [5, 5.41) is 5.57. The monoisotopic (exact) mass is 365 g/mol. The normalized spacial score (nSPS) is 17.0. The predicted molar refractivity (Wildman–Crippen MR) is 110 cm³/mol. The molecule has 25 heavy (non-hydrogen) atoms. The van der Waals surface area contributed by atoms with E-state index >= 15 is 0 Å². The second-order valence-electron chi connectivity index (χ2n) is 6.84. The Morgan fingerprint density at radius 2 is 2.08 bits per heavy atom. The van der Waals surface area contributed by atoms with Crippen molar-refractivity contribution in [2.45, 2.75) is 26.2 Å². The molecule has 0 amide bonds. The van der Waals surface area contributed by atoms with E-state index < -0.39 is 0 Å². The second kappa shape index (κ2) is 11.5. The van der Waals surface area contributed by atoms with Crippen LogP contribution in [0.3, 0.4) is 0 Å². The van der Waals surface area contributed by atoms with Gasteiger partial charge in [0.2, 0.25) is 0 Å². The van der Waals surface area contributed by atoms with Gasteiger partial charge in [0.25, 0.3) is 0 Å². The lowest BCUT2D eigenvalue weighted by Crippen LogP contribution is -2.44. The van der Waals surface area contributed by atoms with Gasteiger partial charge in [0.1, 0.15) is 0 Å². The Balaban J connectivity index is 1.65. The summed E-state index contributed by atoms with van der Waals surface area (Å²) in [5.74, 6) is 1.04. The fourth-order valence-electron chi connectivity index (χ4n) is 3.01. The minimum absolute atomic E-state index is 0.916. The lowest BCUT2D eigenvalue weighted by Gasteiger charge is -2.32. The maximum absolute atomic E-state index is 4.82. The third-order valence-electron chi connectivity index (χ3n) is 4.71. The highest BCUT2D eigenvalue weighted by Crippen LogP contribution is 2.09. The van der Waals surface area contributed by atoms with Crippen molar-refractivity contribution in [1.29, 1.82) is 0 Å². The van der Waals surface area contributed by atoms with E-state index in [1.54, 1.807) is 0 Å². The summed E-state index contributed by atoms with van der Waals surface area (Å²) in [6.45, 7) is 11.0. The first kappa shape index (κ1) is 20.2. The van der Waals surface area contributed by atoms with Crippen LogP contribution in [0.5, 0.6) is 0 Å². The summed E-state index contributed by atoms with van der Waals surface area (Å²) in [5.41, 5.74) is 0. The molecule has 6 heteroatoms. The molecular formula is C19H35N5S. The Morgan fingerprint density at radius 3 is 2.76 bits per heavy atom. The molecule has 142 valence electrons. The zero-order valence-corrected chi connectivity index (χ0v) is 17.0. The van der Waals surface area contributed by atoms with Crippen LogP contribution in [0.15, 0.2) is 22.5 Å². The van der Waals surface area contributed by atoms with Gasteiger partial charge in [-0.05, 0) is 51.2 Å². The molecule has 0 saturated carbocycles. The van der Waals surface area contributed by atoms with E-state index in [0.29, 0.717) is 0 Å². The lowest BCUT2D eigenvalue weighted by atomic mass is 10.2. The van der Waals surface area contributed by atoms with Gasteiger partial charge in [0.15, 0.2) is 5.96 Å². The van der Waals surface area contributed by atoms with Crippen LogP contribution in [0, 0.1) is 0 Å². The van der Waals surface area contributed by atoms with Crippen LogP contribution in [0.1, 0.15) is 24.6 Å². The maximum Gasteiger partial charge on any atom is 0.193 e. The van der Waals surface area contributed by atoms with Gasteiger partial charge in [-0.2, -0.15) is 0 Å². The number of nitrogens with one attached hydrogen (secondary N) is 1. The van der Waals surface area contributed by atoms with Crippen molar-refractivity contribution in [3.8, 4) is 0 Å². The van der Waals surface area contributed by atoms with Crippen LogP contribution in [0.2, 0.25) is 0 Å². The van der Waals surface area contributed by atoms with Crippen LogP contribution >= 0.6 is 11.3 Å². The van der Waals surface area contributed by atoms with E-state index in [1.165, 1.54) is 50.4 Å². The Morgan fingerprint density at radius 1 is 1.28 bits per heavy atom. The van der Waals surface area contributed by atoms with Crippen molar-refractivity contribution in [2.24, 2.45) is 4.99 Å². The molecule has 0 atom stereocenters. The standard InChI is InChI=1S/C19H35N5S/c1-4-20-19(23(3)12-9-18-8-7-17-25-18)21-10-5-6-11-24-15-13-22(2)14-16-24/h7-8,17H,4-6,9-16H2,1-3H3,(H,20,21). The molecule has 1 aromatic rings. The largest absolute Gasteiger partial charge is 0.357 e. The van der Waals surface area contributed by atoms with E-state index in [9.17, 15) is 0 Å². The van der Waals surface area contributed by atoms with Crippen LogP contribution in [-0.4, -0.2) is 87.1 Å². The zero-order chi connectivity index (χ0) is 17.9. The molecule has 0 spiro atoms. The van der Waals surface area contributed by atoms with E-state index in [4.69, 9.17) is 4.99 Å². The molecule has 0 aromatic carbocycles. The number of likely N-dealkylation sites (N-methyl/N-ethyl adjacent to an activating group) is 2. The molecule has 1 N–H and O–H groups in total.